The lowest BCUT2D eigenvalue weighted by Gasteiger charge is -2.46. The van der Waals surface area contributed by atoms with Gasteiger partial charge in [0.05, 0.1) is 32.0 Å². The fourth-order valence-electron chi connectivity index (χ4n) is 13.2. The first kappa shape index (κ1) is 87.3. The van der Waals surface area contributed by atoms with Crippen molar-refractivity contribution in [1.82, 2.24) is 5.32 Å². The van der Waals surface area contributed by atoms with Gasteiger partial charge in [-0.25, -0.2) is 0 Å². The summed E-state index contributed by atoms with van der Waals surface area (Å²) in [6, 6.07) is -0.931. The monoisotopic (exact) mass is 1320 g/mol. The fourth-order valence-corrected chi connectivity index (χ4v) is 13.2. The van der Waals surface area contributed by atoms with Gasteiger partial charge in [-0.15, -0.1) is 0 Å². The minimum atomic E-state index is -1.79. The Kier molecular flexibility index (Phi) is 59.7. The van der Waals surface area contributed by atoms with E-state index >= 15 is 0 Å². The summed E-state index contributed by atoms with van der Waals surface area (Å²) in [5.41, 5.74) is 0. The Hall–Kier alpha value is -1.79. The number of rotatable bonds is 67. The highest BCUT2D eigenvalue weighted by Gasteiger charge is 2.51. The second kappa shape index (κ2) is 63.6. The first-order chi connectivity index (χ1) is 45.6. The highest BCUT2D eigenvalue weighted by molar-refractivity contribution is 5.76. The van der Waals surface area contributed by atoms with Crippen molar-refractivity contribution < 1.29 is 64.6 Å². The molecular formula is C79H149NO13. The SMILES string of the molecule is CCCCCCCCCC/C=C\CCCCCCCCCCCCCCCCCCCCCCCCCCCCCC(=O)NC(COC1OC(CO)C(OC2OC(CO)C(O)C(O)C2O)C(O)C1O)C(O)/C=C/CC/C=C/CCCCCCCCCCCCCCCC. The number of amides is 1. The summed E-state index contributed by atoms with van der Waals surface area (Å²) >= 11 is 0. The van der Waals surface area contributed by atoms with E-state index in [0.717, 1.165) is 32.1 Å². The molecule has 2 saturated heterocycles. The number of allylic oxidation sites excluding steroid dienone is 5. The van der Waals surface area contributed by atoms with E-state index in [4.69, 9.17) is 18.9 Å². The predicted molar refractivity (Wildman–Crippen MR) is 383 cm³/mol. The average molecular weight is 1320 g/mol. The third-order valence-electron chi connectivity index (χ3n) is 19.5. The molecule has 14 nitrogen and oxygen atoms in total. The van der Waals surface area contributed by atoms with Gasteiger partial charge in [-0.3, -0.25) is 4.79 Å². The maximum atomic E-state index is 13.4. The highest BCUT2D eigenvalue weighted by atomic mass is 16.7. The molecule has 1 amide bonds. The zero-order valence-corrected chi connectivity index (χ0v) is 60.0. The van der Waals surface area contributed by atoms with Crippen LogP contribution in [0.5, 0.6) is 0 Å². The highest BCUT2D eigenvalue weighted by Crippen LogP contribution is 2.30. The van der Waals surface area contributed by atoms with Crippen molar-refractivity contribution in [2.24, 2.45) is 0 Å². The number of carbonyl (C=O) groups excluding carboxylic acids is 1. The topological polar surface area (TPSA) is 228 Å². The minimum Gasteiger partial charge on any atom is -0.394 e. The Morgan fingerprint density at radius 1 is 0.376 bits per heavy atom. The van der Waals surface area contributed by atoms with E-state index in [1.807, 2.05) is 6.08 Å². The number of carbonyl (C=O) groups is 1. The molecule has 2 rings (SSSR count). The molecule has 0 aromatic heterocycles. The quantitative estimate of drug-likeness (QED) is 0.0204. The van der Waals surface area contributed by atoms with Crippen LogP contribution in [-0.4, -0.2) is 140 Å². The second-order valence-corrected chi connectivity index (χ2v) is 28.2. The Balaban J connectivity index is 1.57. The number of aliphatic hydroxyl groups is 8. The first-order valence-corrected chi connectivity index (χ1v) is 39.7. The molecular weight excluding hydrogens is 1170 g/mol. The summed E-state index contributed by atoms with van der Waals surface area (Å²) in [4.78, 5) is 13.4. The maximum Gasteiger partial charge on any atom is 0.220 e. The fraction of sp³-hybridized carbons (Fsp3) is 0.911. The second-order valence-electron chi connectivity index (χ2n) is 28.2. The Bertz CT molecular complexity index is 1700. The summed E-state index contributed by atoms with van der Waals surface area (Å²) < 4.78 is 22.9. The van der Waals surface area contributed by atoms with E-state index in [-0.39, 0.29) is 18.9 Å². The third kappa shape index (κ3) is 47.0. The smallest absolute Gasteiger partial charge is 0.220 e. The van der Waals surface area contributed by atoms with Crippen molar-refractivity contribution in [3.05, 3.63) is 36.5 Å². The zero-order valence-electron chi connectivity index (χ0n) is 60.0. The molecule has 0 aromatic carbocycles. The van der Waals surface area contributed by atoms with Crippen molar-refractivity contribution in [3.63, 3.8) is 0 Å². The van der Waals surface area contributed by atoms with Crippen molar-refractivity contribution in [2.45, 2.75) is 441 Å². The van der Waals surface area contributed by atoms with E-state index in [2.05, 4.69) is 43.5 Å². The lowest BCUT2D eigenvalue weighted by molar-refractivity contribution is -0.359. The number of aliphatic hydroxyl groups excluding tert-OH is 8. The van der Waals surface area contributed by atoms with Crippen molar-refractivity contribution in [1.29, 1.82) is 0 Å². The van der Waals surface area contributed by atoms with Gasteiger partial charge in [-0.2, -0.15) is 0 Å². The van der Waals surface area contributed by atoms with Gasteiger partial charge < -0.3 is 65.1 Å². The molecule has 2 aliphatic heterocycles. The van der Waals surface area contributed by atoms with E-state index < -0.39 is 86.8 Å². The molecule has 12 atom stereocenters. The van der Waals surface area contributed by atoms with Gasteiger partial charge in [-0.05, 0) is 57.8 Å². The van der Waals surface area contributed by atoms with E-state index in [1.54, 1.807) is 6.08 Å². The molecule has 548 valence electrons. The summed E-state index contributed by atoms with van der Waals surface area (Å²) in [5, 5.41) is 87.5. The predicted octanol–water partition coefficient (Wildman–Crippen LogP) is 17.6. The Morgan fingerprint density at radius 3 is 1.05 bits per heavy atom. The van der Waals surface area contributed by atoms with Crippen LogP contribution in [0.4, 0.5) is 0 Å². The standard InChI is InChI=1S/C79H149NO13/c1-3-5-7-9-11-13-15-17-19-21-23-25-26-27-28-29-30-31-32-33-34-35-36-37-38-39-40-41-42-43-45-47-49-51-53-55-57-59-61-63-71(84)80-67(68(83)62-60-58-56-54-52-50-48-46-44-24-22-20-18-16-14-12-10-8-6-4-2)66-90-78-76(89)74(87)77(70(65-82)92-78)93-79-75(88)73(86)72(85)69(64-81)91-79/h21,23,52,54,60,62,67-70,72-79,81-83,85-89H,3-20,22,24-51,53,55-59,61,63-66H2,1-2H3,(H,80,84)/b23-21-,54-52+,62-60+. The van der Waals surface area contributed by atoms with Crippen LogP contribution in [0.25, 0.3) is 0 Å². The van der Waals surface area contributed by atoms with Crippen LogP contribution in [0.2, 0.25) is 0 Å². The average Bonchev–Trinajstić information content (AvgIpc) is 0.854. The van der Waals surface area contributed by atoms with Gasteiger partial charge in [0.25, 0.3) is 0 Å². The molecule has 2 fully saturated rings. The van der Waals surface area contributed by atoms with E-state index in [9.17, 15) is 45.6 Å². The van der Waals surface area contributed by atoms with Crippen molar-refractivity contribution >= 4 is 5.91 Å². The molecule has 12 unspecified atom stereocenters. The van der Waals surface area contributed by atoms with E-state index in [0.29, 0.717) is 12.8 Å². The largest absolute Gasteiger partial charge is 0.394 e. The maximum absolute atomic E-state index is 13.4. The summed E-state index contributed by atoms with van der Waals surface area (Å²) in [5.74, 6) is -0.241. The molecule has 0 bridgehead atoms. The van der Waals surface area contributed by atoms with E-state index in [1.165, 1.54) is 302 Å². The van der Waals surface area contributed by atoms with Crippen LogP contribution in [-0.2, 0) is 23.7 Å². The van der Waals surface area contributed by atoms with Gasteiger partial charge in [0.1, 0.15) is 48.8 Å². The van der Waals surface area contributed by atoms with Gasteiger partial charge in [-0.1, -0.05) is 339 Å². The van der Waals surface area contributed by atoms with Gasteiger partial charge in [0, 0.05) is 6.42 Å². The molecule has 14 heteroatoms. The normalized spacial score (nSPS) is 22.7. The summed E-state index contributed by atoms with van der Waals surface area (Å²) in [7, 11) is 0. The van der Waals surface area contributed by atoms with Crippen LogP contribution >= 0.6 is 0 Å². The third-order valence-corrected chi connectivity index (χ3v) is 19.5. The molecule has 0 saturated carbocycles. The molecule has 0 aromatic rings. The van der Waals surface area contributed by atoms with Crippen LogP contribution in [0, 0.1) is 0 Å². The van der Waals surface area contributed by atoms with Crippen molar-refractivity contribution in [3.8, 4) is 0 Å². The molecule has 93 heavy (non-hydrogen) atoms. The number of unbranched alkanes of at least 4 members (excludes halogenated alkanes) is 50. The summed E-state index contributed by atoms with van der Waals surface area (Å²) in [6.07, 6.45) is 66.8. The zero-order chi connectivity index (χ0) is 67.3. The minimum absolute atomic E-state index is 0.241. The Morgan fingerprint density at radius 2 is 0.688 bits per heavy atom. The lowest BCUT2D eigenvalue weighted by Crippen LogP contribution is -2.65. The van der Waals surface area contributed by atoms with Crippen LogP contribution in [0.3, 0.4) is 0 Å². The summed E-state index contributed by atoms with van der Waals surface area (Å²) in [6.45, 7) is 2.84. The molecule has 0 aliphatic carbocycles. The van der Waals surface area contributed by atoms with Crippen LogP contribution in [0.15, 0.2) is 36.5 Å². The molecule has 2 aliphatic rings. The molecule has 9 N–H and O–H groups in total. The van der Waals surface area contributed by atoms with Gasteiger partial charge in [0.15, 0.2) is 12.6 Å². The number of hydrogen-bond acceptors (Lipinski definition) is 13. The van der Waals surface area contributed by atoms with Gasteiger partial charge in [0.2, 0.25) is 5.91 Å². The lowest BCUT2D eigenvalue weighted by atomic mass is 9.97. The Labute approximate surface area is 570 Å². The molecule has 0 spiro atoms. The number of ether oxygens (including phenoxy) is 4. The van der Waals surface area contributed by atoms with Crippen LogP contribution in [0.1, 0.15) is 367 Å². The number of nitrogens with one attached hydrogen (secondary N) is 1. The first-order valence-electron chi connectivity index (χ1n) is 39.7. The molecule has 0 radical (unpaired) electrons. The van der Waals surface area contributed by atoms with Crippen molar-refractivity contribution in [2.75, 3.05) is 19.8 Å². The number of hydrogen-bond donors (Lipinski definition) is 9. The van der Waals surface area contributed by atoms with Gasteiger partial charge >= 0.3 is 0 Å². The van der Waals surface area contributed by atoms with Crippen LogP contribution < -0.4 is 5.32 Å². The molecule has 2 heterocycles.